The van der Waals surface area contributed by atoms with Crippen LogP contribution in [0.5, 0.6) is 0 Å². The Balaban J connectivity index is 2.76. The van der Waals surface area contributed by atoms with E-state index in [0.717, 1.165) is 6.42 Å². The minimum Gasteiger partial charge on any atom is -0.324 e. The fourth-order valence-corrected chi connectivity index (χ4v) is 1.64. The molecule has 0 amide bonds. The van der Waals surface area contributed by atoms with Crippen molar-refractivity contribution in [3.63, 3.8) is 0 Å². The monoisotopic (exact) mass is 177 g/mol. The Bertz CT molecular complexity index is 266. The fourth-order valence-electron chi connectivity index (χ4n) is 1.64. The van der Waals surface area contributed by atoms with Gasteiger partial charge in [-0.2, -0.15) is 0 Å². The molecular formula is C12H19N. The van der Waals surface area contributed by atoms with E-state index in [2.05, 4.69) is 45.0 Å². The lowest BCUT2D eigenvalue weighted by Gasteiger charge is -2.16. The van der Waals surface area contributed by atoms with E-state index in [0.29, 0.717) is 5.92 Å². The predicted octanol–water partition coefficient (Wildman–Crippen LogP) is 3.04. The van der Waals surface area contributed by atoms with E-state index in [1.54, 1.807) is 0 Å². The molecule has 13 heavy (non-hydrogen) atoms. The first kappa shape index (κ1) is 10.3. The summed E-state index contributed by atoms with van der Waals surface area (Å²) in [5.74, 6) is 0.662. The molecule has 1 aromatic carbocycles. The highest BCUT2D eigenvalue weighted by molar-refractivity contribution is 5.28. The number of nitrogens with two attached hydrogens (primary N) is 1. The summed E-state index contributed by atoms with van der Waals surface area (Å²) in [6.07, 6.45) is 1.06. The van der Waals surface area contributed by atoms with E-state index in [4.69, 9.17) is 5.73 Å². The quantitative estimate of drug-likeness (QED) is 0.754. The minimum absolute atomic E-state index is 0.196. The van der Waals surface area contributed by atoms with Gasteiger partial charge in [0, 0.05) is 6.04 Å². The van der Waals surface area contributed by atoms with Crippen molar-refractivity contribution < 1.29 is 0 Å². The average molecular weight is 177 g/mol. The fraction of sp³-hybridized carbons (Fsp3) is 0.500. The lowest BCUT2D eigenvalue weighted by Crippen LogP contribution is -2.13. The zero-order chi connectivity index (χ0) is 9.84. The zero-order valence-electron chi connectivity index (χ0n) is 8.75. The molecule has 0 aliphatic heterocycles. The summed E-state index contributed by atoms with van der Waals surface area (Å²) in [5.41, 5.74) is 8.69. The molecule has 0 fully saturated rings. The van der Waals surface area contributed by atoms with Crippen molar-refractivity contribution in [3.05, 3.63) is 35.4 Å². The van der Waals surface area contributed by atoms with Crippen molar-refractivity contribution in [3.8, 4) is 0 Å². The van der Waals surface area contributed by atoms with Crippen molar-refractivity contribution in [1.29, 1.82) is 0 Å². The molecule has 0 radical (unpaired) electrons. The van der Waals surface area contributed by atoms with Gasteiger partial charge in [0.05, 0.1) is 0 Å². The van der Waals surface area contributed by atoms with E-state index in [1.807, 2.05) is 0 Å². The van der Waals surface area contributed by atoms with Gasteiger partial charge >= 0.3 is 0 Å². The molecule has 72 valence electrons. The molecule has 1 heteroatoms. The molecule has 0 saturated heterocycles. The van der Waals surface area contributed by atoms with Crippen LogP contribution >= 0.6 is 0 Å². The molecule has 0 spiro atoms. The first-order valence-electron chi connectivity index (χ1n) is 4.92. The third-order valence-electron chi connectivity index (χ3n) is 2.31. The Morgan fingerprint density at radius 1 is 1.23 bits per heavy atom. The van der Waals surface area contributed by atoms with E-state index >= 15 is 0 Å². The van der Waals surface area contributed by atoms with Gasteiger partial charge in [-0.3, -0.25) is 0 Å². The van der Waals surface area contributed by atoms with E-state index in [-0.39, 0.29) is 6.04 Å². The highest BCUT2D eigenvalue weighted by Gasteiger charge is 2.09. The van der Waals surface area contributed by atoms with Crippen LogP contribution in [0.25, 0.3) is 0 Å². The normalized spacial score (nSPS) is 13.3. The Hall–Kier alpha value is -0.820. The summed E-state index contributed by atoms with van der Waals surface area (Å²) in [5, 5.41) is 0. The van der Waals surface area contributed by atoms with Crippen LogP contribution in [0.2, 0.25) is 0 Å². The smallest absolute Gasteiger partial charge is 0.0299 e. The summed E-state index contributed by atoms with van der Waals surface area (Å²) < 4.78 is 0. The number of rotatable bonds is 3. The van der Waals surface area contributed by atoms with Gasteiger partial charge < -0.3 is 5.73 Å². The highest BCUT2D eigenvalue weighted by atomic mass is 14.6. The van der Waals surface area contributed by atoms with Gasteiger partial charge in [0.25, 0.3) is 0 Å². The Labute approximate surface area is 81.0 Å². The molecule has 0 heterocycles. The number of aryl methyl sites for hydroxylation is 1. The lowest BCUT2D eigenvalue weighted by atomic mass is 9.95. The van der Waals surface area contributed by atoms with Gasteiger partial charge in [-0.25, -0.2) is 0 Å². The third-order valence-corrected chi connectivity index (χ3v) is 2.31. The molecular weight excluding hydrogens is 158 g/mol. The summed E-state index contributed by atoms with van der Waals surface area (Å²) in [4.78, 5) is 0. The minimum atomic E-state index is 0.196. The maximum absolute atomic E-state index is 6.10. The second kappa shape index (κ2) is 4.43. The van der Waals surface area contributed by atoms with Gasteiger partial charge in [0.15, 0.2) is 0 Å². The number of hydrogen-bond acceptors (Lipinski definition) is 1. The second-order valence-electron chi connectivity index (χ2n) is 4.09. The summed E-state index contributed by atoms with van der Waals surface area (Å²) in [7, 11) is 0. The second-order valence-corrected chi connectivity index (χ2v) is 4.09. The van der Waals surface area contributed by atoms with Crippen molar-refractivity contribution in [1.82, 2.24) is 0 Å². The highest BCUT2D eigenvalue weighted by Crippen LogP contribution is 2.21. The van der Waals surface area contributed by atoms with Crippen LogP contribution in [0.1, 0.15) is 37.4 Å². The molecule has 2 N–H and O–H groups in total. The van der Waals surface area contributed by atoms with Crippen LogP contribution in [0.3, 0.4) is 0 Å². The Kier molecular flexibility index (Phi) is 3.49. The molecule has 0 aromatic heterocycles. The van der Waals surface area contributed by atoms with Crippen molar-refractivity contribution in [2.45, 2.75) is 33.2 Å². The van der Waals surface area contributed by atoms with Crippen LogP contribution in [-0.4, -0.2) is 0 Å². The van der Waals surface area contributed by atoms with Crippen LogP contribution in [-0.2, 0) is 0 Å². The van der Waals surface area contributed by atoms with Crippen molar-refractivity contribution >= 4 is 0 Å². The maximum Gasteiger partial charge on any atom is 0.0299 e. The van der Waals surface area contributed by atoms with Gasteiger partial charge in [0.2, 0.25) is 0 Å². The molecule has 0 saturated carbocycles. The van der Waals surface area contributed by atoms with Crippen molar-refractivity contribution in [2.75, 3.05) is 0 Å². The van der Waals surface area contributed by atoms with E-state index in [9.17, 15) is 0 Å². The molecule has 0 aliphatic carbocycles. The summed E-state index contributed by atoms with van der Waals surface area (Å²) in [6, 6.07) is 8.56. The third kappa shape index (κ3) is 2.85. The Morgan fingerprint density at radius 3 is 2.38 bits per heavy atom. The summed E-state index contributed by atoms with van der Waals surface area (Å²) in [6.45, 7) is 6.53. The van der Waals surface area contributed by atoms with Gasteiger partial charge in [-0.1, -0.05) is 38.1 Å². The Morgan fingerprint density at radius 2 is 1.85 bits per heavy atom. The molecule has 0 aliphatic rings. The zero-order valence-corrected chi connectivity index (χ0v) is 8.75. The maximum atomic E-state index is 6.10. The van der Waals surface area contributed by atoms with Crippen LogP contribution in [0.15, 0.2) is 24.3 Å². The molecule has 0 bridgehead atoms. The van der Waals surface area contributed by atoms with Gasteiger partial charge in [0.1, 0.15) is 0 Å². The lowest BCUT2D eigenvalue weighted by molar-refractivity contribution is 0.508. The van der Waals surface area contributed by atoms with Crippen molar-refractivity contribution in [2.24, 2.45) is 11.7 Å². The van der Waals surface area contributed by atoms with Crippen LogP contribution < -0.4 is 5.73 Å². The predicted molar refractivity (Wildman–Crippen MR) is 57.6 cm³/mol. The topological polar surface area (TPSA) is 26.0 Å². The van der Waals surface area contributed by atoms with Gasteiger partial charge in [-0.05, 0) is 30.4 Å². The first-order valence-corrected chi connectivity index (χ1v) is 4.92. The molecule has 1 unspecified atom stereocenters. The van der Waals surface area contributed by atoms with Gasteiger partial charge in [-0.15, -0.1) is 0 Å². The first-order chi connectivity index (χ1) is 6.11. The summed E-state index contributed by atoms with van der Waals surface area (Å²) >= 11 is 0. The molecule has 1 atom stereocenters. The number of benzene rings is 1. The molecule has 1 rings (SSSR count). The largest absolute Gasteiger partial charge is 0.324 e. The van der Waals surface area contributed by atoms with Crippen LogP contribution in [0.4, 0.5) is 0 Å². The molecule has 1 aromatic rings. The van der Waals surface area contributed by atoms with Crippen LogP contribution in [0, 0.1) is 12.8 Å². The van der Waals surface area contributed by atoms with E-state index < -0.39 is 0 Å². The van der Waals surface area contributed by atoms with E-state index in [1.165, 1.54) is 11.1 Å². The average Bonchev–Trinajstić information content (AvgIpc) is 2.03. The number of hydrogen-bond donors (Lipinski definition) is 1. The standard InChI is InChI=1S/C12H19N/c1-9(2)8-12(13)11-7-5-4-6-10(11)3/h4-7,9,12H,8,13H2,1-3H3. The molecule has 1 nitrogen and oxygen atoms in total. The SMILES string of the molecule is Cc1ccccc1C(N)CC(C)C.